The Morgan fingerprint density at radius 2 is 1.96 bits per heavy atom. The normalized spacial score (nSPS) is 20.7. The van der Waals surface area contributed by atoms with Crippen molar-refractivity contribution in [1.82, 2.24) is 20.3 Å². The summed E-state index contributed by atoms with van der Waals surface area (Å²) in [4.78, 5) is 24.5. The average Bonchev–Trinajstić information content (AvgIpc) is 2.58. The van der Waals surface area contributed by atoms with Gasteiger partial charge in [-0.1, -0.05) is 6.07 Å². The predicted octanol–water partition coefficient (Wildman–Crippen LogP) is 2.30. The molecule has 1 saturated carbocycles. The number of ether oxygens (including phenoxy) is 1. The van der Waals surface area contributed by atoms with Crippen LogP contribution in [0, 0.1) is 6.92 Å². The largest absolute Gasteiger partial charge is 0.474 e. The van der Waals surface area contributed by atoms with Gasteiger partial charge in [0.2, 0.25) is 5.88 Å². The average molecular weight is 312 g/mol. The molecule has 1 fully saturated rings. The van der Waals surface area contributed by atoms with Crippen molar-refractivity contribution in [3.63, 3.8) is 0 Å². The van der Waals surface area contributed by atoms with Gasteiger partial charge < -0.3 is 10.1 Å². The van der Waals surface area contributed by atoms with Crippen LogP contribution in [-0.4, -0.2) is 33.0 Å². The number of hydrogen-bond donors (Lipinski definition) is 1. The van der Waals surface area contributed by atoms with Crippen LogP contribution < -0.4 is 10.1 Å². The van der Waals surface area contributed by atoms with Gasteiger partial charge in [0.25, 0.3) is 5.91 Å². The molecule has 0 atom stereocenters. The molecule has 0 spiro atoms. The maximum absolute atomic E-state index is 12.1. The molecule has 0 aromatic carbocycles. The quantitative estimate of drug-likeness (QED) is 0.937. The van der Waals surface area contributed by atoms with E-state index in [9.17, 15) is 4.79 Å². The fourth-order valence-electron chi connectivity index (χ4n) is 2.68. The summed E-state index contributed by atoms with van der Waals surface area (Å²) in [5.74, 6) is 0.501. The SMILES string of the molecule is Cc1cnc(C(=O)NC2CCC(Oc3ccccn3)CC2)cn1. The van der Waals surface area contributed by atoms with Crippen molar-refractivity contribution in [2.24, 2.45) is 0 Å². The second-order valence-corrected chi connectivity index (χ2v) is 5.78. The molecule has 2 heterocycles. The lowest BCUT2D eigenvalue weighted by molar-refractivity contribution is 0.0885. The molecule has 2 aromatic heterocycles. The Labute approximate surface area is 135 Å². The van der Waals surface area contributed by atoms with E-state index in [4.69, 9.17) is 4.74 Å². The molecule has 0 unspecified atom stereocenters. The Bertz CT molecular complexity index is 637. The van der Waals surface area contributed by atoms with Crippen molar-refractivity contribution in [2.75, 3.05) is 0 Å². The summed E-state index contributed by atoms with van der Waals surface area (Å²) in [6, 6.07) is 5.81. The topological polar surface area (TPSA) is 77.0 Å². The van der Waals surface area contributed by atoms with Crippen molar-refractivity contribution >= 4 is 5.91 Å². The first-order valence-electron chi connectivity index (χ1n) is 7.88. The van der Waals surface area contributed by atoms with Gasteiger partial charge >= 0.3 is 0 Å². The lowest BCUT2D eigenvalue weighted by Crippen LogP contribution is -2.40. The van der Waals surface area contributed by atoms with Crippen LogP contribution in [0.3, 0.4) is 0 Å². The van der Waals surface area contributed by atoms with Gasteiger partial charge in [-0.25, -0.2) is 9.97 Å². The molecule has 6 nitrogen and oxygen atoms in total. The number of rotatable bonds is 4. The minimum atomic E-state index is -0.161. The van der Waals surface area contributed by atoms with Crippen molar-refractivity contribution in [3.8, 4) is 5.88 Å². The fraction of sp³-hybridized carbons (Fsp3) is 0.412. The molecule has 1 N–H and O–H groups in total. The molecule has 2 aromatic rings. The van der Waals surface area contributed by atoms with Gasteiger partial charge in [-0.2, -0.15) is 0 Å². The third-order valence-corrected chi connectivity index (χ3v) is 3.95. The van der Waals surface area contributed by atoms with Crippen molar-refractivity contribution in [2.45, 2.75) is 44.8 Å². The maximum atomic E-state index is 12.1. The first-order chi connectivity index (χ1) is 11.2. The Morgan fingerprint density at radius 1 is 1.13 bits per heavy atom. The number of aromatic nitrogens is 3. The third-order valence-electron chi connectivity index (χ3n) is 3.95. The van der Waals surface area contributed by atoms with Crippen LogP contribution in [0.4, 0.5) is 0 Å². The van der Waals surface area contributed by atoms with E-state index < -0.39 is 0 Å². The van der Waals surface area contributed by atoms with Crippen LogP contribution in [0.1, 0.15) is 41.9 Å². The van der Waals surface area contributed by atoms with Gasteiger partial charge in [0.1, 0.15) is 11.8 Å². The molecular weight excluding hydrogens is 292 g/mol. The van der Waals surface area contributed by atoms with Crippen LogP contribution in [0.25, 0.3) is 0 Å². The van der Waals surface area contributed by atoms with Gasteiger partial charge in [-0.05, 0) is 38.7 Å². The number of carbonyl (C=O) groups excluding carboxylic acids is 1. The summed E-state index contributed by atoms with van der Waals surface area (Å²) < 4.78 is 5.86. The predicted molar refractivity (Wildman–Crippen MR) is 85.1 cm³/mol. The summed E-state index contributed by atoms with van der Waals surface area (Å²) in [6.07, 6.45) is 8.60. The number of aryl methyl sites for hydroxylation is 1. The van der Waals surface area contributed by atoms with Gasteiger partial charge in [-0.3, -0.25) is 9.78 Å². The van der Waals surface area contributed by atoms with E-state index in [0.29, 0.717) is 11.6 Å². The smallest absolute Gasteiger partial charge is 0.271 e. The molecule has 23 heavy (non-hydrogen) atoms. The third kappa shape index (κ3) is 4.25. The minimum Gasteiger partial charge on any atom is -0.474 e. The molecule has 120 valence electrons. The van der Waals surface area contributed by atoms with E-state index in [1.807, 2.05) is 25.1 Å². The van der Waals surface area contributed by atoms with Crippen LogP contribution in [-0.2, 0) is 0 Å². The maximum Gasteiger partial charge on any atom is 0.271 e. The summed E-state index contributed by atoms with van der Waals surface area (Å²) in [6.45, 7) is 1.84. The summed E-state index contributed by atoms with van der Waals surface area (Å²) in [7, 11) is 0. The molecule has 1 amide bonds. The van der Waals surface area contributed by atoms with E-state index in [-0.39, 0.29) is 18.1 Å². The summed E-state index contributed by atoms with van der Waals surface area (Å²) in [5.41, 5.74) is 1.16. The highest BCUT2D eigenvalue weighted by Crippen LogP contribution is 2.22. The van der Waals surface area contributed by atoms with Crippen molar-refractivity contribution in [3.05, 3.63) is 48.2 Å². The highest BCUT2D eigenvalue weighted by atomic mass is 16.5. The van der Waals surface area contributed by atoms with Crippen molar-refractivity contribution in [1.29, 1.82) is 0 Å². The zero-order valence-electron chi connectivity index (χ0n) is 13.1. The number of nitrogens with zero attached hydrogens (tertiary/aromatic N) is 3. The first-order valence-corrected chi connectivity index (χ1v) is 7.88. The van der Waals surface area contributed by atoms with Crippen LogP contribution in [0.2, 0.25) is 0 Å². The standard InChI is InChI=1S/C17H20N4O2/c1-12-10-20-15(11-19-12)17(22)21-13-5-7-14(8-6-13)23-16-4-2-3-9-18-16/h2-4,9-11,13-14H,5-8H2,1H3,(H,21,22). The number of amides is 1. The van der Waals surface area contributed by atoms with Gasteiger partial charge in [-0.15, -0.1) is 0 Å². The molecular formula is C17H20N4O2. The molecule has 3 rings (SSSR count). The van der Waals surface area contributed by atoms with Crippen molar-refractivity contribution < 1.29 is 9.53 Å². The summed E-state index contributed by atoms with van der Waals surface area (Å²) >= 11 is 0. The molecule has 6 heteroatoms. The minimum absolute atomic E-state index is 0.161. The highest BCUT2D eigenvalue weighted by Gasteiger charge is 2.24. The van der Waals surface area contributed by atoms with E-state index >= 15 is 0 Å². The highest BCUT2D eigenvalue weighted by molar-refractivity contribution is 5.92. The van der Waals surface area contributed by atoms with Crippen LogP contribution >= 0.6 is 0 Å². The second-order valence-electron chi connectivity index (χ2n) is 5.78. The molecule has 0 radical (unpaired) electrons. The van der Waals surface area contributed by atoms with Gasteiger partial charge in [0.05, 0.1) is 11.9 Å². The zero-order valence-corrected chi connectivity index (χ0v) is 13.1. The van der Waals surface area contributed by atoms with Gasteiger partial charge in [0, 0.05) is 24.5 Å². The molecule has 0 saturated heterocycles. The Hall–Kier alpha value is -2.50. The van der Waals surface area contributed by atoms with E-state index in [1.54, 1.807) is 12.4 Å². The molecule has 0 aliphatic heterocycles. The van der Waals surface area contributed by atoms with E-state index in [2.05, 4.69) is 20.3 Å². The summed E-state index contributed by atoms with van der Waals surface area (Å²) in [5, 5.41) is 3.03. The second kappa shape index (κ2) is 7.17. The monoisotopic (exact) mass is 312 g/mol. The number of carbonyl (C=O) groups is 1. The molecule has 0 bridgehead atoms. The van der Waals surface area contributed by atoms with E-state index in [1.165, 1.54) is 6.20 Å². The number of nitrogens with one attached hydrogen (secondary N) is 1. The van der Waals surface area contributed by atoms with Crippen LogP contribution in [0.15, 0.2) is 36.8 Å². The number of pyridine rings is 1. The van der Waals surface area contributed by atoms with E-state index in [0.717, 1.165) is 31.4 Å². The zero-order chi connectivity index (χ0) is 16.1. The first kappa shape index (κ1) is 15.4. The fourth-order valence-corrected chi connectivity index (χ4v) is 2.68. The lowest BCUT2D eigenvalue weighted by atomic mass is 9.93. The number of hydrogen-bond acceptors (Lipinski definition) is 5. The Kier molecular flexibility index (Phi) is 4.80. The molecule has 1 aliphatic rings. The Morgan fingerprint density at radius 3 is 2.61 bits per heavy atom. The van der Waals surface area contributed by atoms with Gasteiger partial charge in [0.15, 0.2) is 0 Å². The lowest BCUT2D eigenvalue weighted by Gasteiger charge is -2.29. The molecule has 1 aliphatic carbocycles. The van der Waals surface area contributed by atoms with Crippen LogP contribution in [0.5, 0.6) is 5.88 Å². The Balaban J connectivity index is 1.47.